The summed E-state index contributed by atoms with van der Waals surface area (Å²) < 4.78 is 17.7. The predicted molar refractivity (Wildman–Crippen MR) is 161 cm³/mol. The van der Waals surface area contributed by atoms with Gasteiger partial charge in [-0.2, -0.15) is 0 Å². The fourth-order valence-electron chi connectivity index (χ4n) is 6.78. The maximum Gasteiger partial charge on any atom is 0.312 e. The number of carbonyl (C=O) groups excluding carboxylic acids is 4. The molecule has 2 bridgehead atoms. The number of esters is 1. The lowest BCUT2D eigenvalue weighted by Crippen LogP contribution is -2.59. The van der Waals surface area contributed by atoms with Gasteiger partial charge in [-0.3, -0.25) is 24.1 Å². The number of fused-ring (bicyclic) bond motifs is 1. The molecule has 1 unspecified atom stereocenters. The SMILES string of the molecule is C=CCCC(=O)NC[C@H](C)OC(=O)[C@@H]1[C@H]2O[C@@]3(CC2Br)[C@H](C(=O)N(CC=C)CCN2CCOCC2)N([C@H](C)CO)C(=O)[C@@H]13. The number of aliphatic hydroxyl groups is 1. The van der Waals surface area contributed by atoms with E-state index in [0.29, 0.717) is 39.1 Å². The molecule has 0 aromatic carbocycles. The number of aliphatic hydroxyl groups excluding tert-OH is 1. The number of hydrogen-bond acceptors (Lipinski definition) is 9. The highest BCUT2D eigenvalue weighted by Gasteiger charge is 2.77. The highest BCUT2D eigenvalue weighted by molar-refractivity contribution is 9.09. The van der Waals surface area contributed by atoms with Gasteiger partial charge >= 0.3 is 5.97 Å². The molecular weight excluding hydrogens is 624 g/mol. The zero-order chi connectivity index (χ0) is 31.3. The molecule has 3 amide bonds. The van der Waals surface area contributed by atoms with Crippen molar-refractivity contribution in [3.05, 3.63) is 25.3 Å². The van der Waals surface area contributed by atoms with Gasteiger partial charge in [-0.1, -0.05) is 28.1 Å². The second-order valence-electron chi connectivity index (χ2n) is 11.8. The Balaban J connectivity index is 1.56. The first kappa shape index (κ1) is 33.6. The van der Waals surface area contributed by atoms with Crippen LogP contribution in [0, 0.1) is 11.8 Å². The number of rotatable bonds is 15. The van der Waals surface area contributed by atoms with E-state index in [1.807, 2.05) is 0 Å². The maximum absolute atomic E-state index is 14.4. The van der Waals surface area contributed by atoms with Crippen molar-refractivity contribution >= 4 is 39.6 Å². The van der Waals surface area contributed by atoms with E-state index in [1.54, 1.807) is 30.9 Å². The topological polar surface area (TPSA) is 138 Å². The van der Waals surface area contributed by atoms with Gasteiger partial charge in [0.2, 0.25) is 17.7 Å². The van der Waals surface area contributed by atoms with Crippen LogP contribution in [0.3, 0.4) is 0 Å². The average molecular weight is 670 g/mol. The summed E-state index contributed by atoms with van der Waals surface area (Å²) in [7, 11) is 0. The lowest BCUT2D eigenvalue weighted by molar-refractivity contribution is -0.160. The van der Waals surface area contributed by atoms with Crippen molar-refractivity contribution < 1.29 is 38.5 Å². The van der Waals surface area contributed by atoms with Crippen LogP contribution in [0.15, 0.2) is 25.3 Å². The number of likely N-dealkylation sites (tertiary alicyclic amines) is 1. The monoisotopic (exact) mass is 668 g/mol. The highest BCUT2D eigenvalue weighted by Crippen LogP contribution is 2.60. The Bertz CT molecular complexity index is 1070. The molecule has 0 aromatic heterocycles. The number of carbonyl (C=O) groups is 4. The first-order chi connectivity index (χ1) is 20.6. The Morgan fingerprint density at radius 3 is 2.63 bits per heavy atom. The first-order valence-corrected chi connectivity index (χ1v) is 16.0. The summed E-state index contributed by atoms with van der Waals surface area (Å²) in [5.41, 5.74) is -1.26. The standard InChI is InChI=1S/C30H45BrN4O8/c1-5-7-8-22(37)32-17-20(4)42-29(40)23-24-27(38)35(19(3)18-36)26(30(24)16-21(31)25(23)43-30)28(39)34(9-6-2)11-10-33-12-14-41-15-13-33/h5-6,19-21,23-26,36H,1-2,7-18H2,3-4H3,(H,32,37)/t19-,20+,21?,23+,24-,25+,26+,30-/m1/s1. The number of hydrogen-bond donors (Lipinski definition) is 2. The smallest absolute Gasteiger partial charge is 0.312 e. The largest absolute Gasteiger partial charge is 0.460 e. The van der Waals surface area contributed by atoms with Crippen LogP contribution in [0.25, 0.3) is 0 Å². The molecule has 4 aliphatic rings. The van der Waals surface area contributed by atoms with E-state index in [0.717, 1.165) is 13.1 Å². The molecule has 0 saturated carbocycles. The van der Waals surface area contributed by atoms with E-state index >= 15 is 0 Å². The third-order valence-electron chi connectivity index (χ3n) is 8.90. The Labute approximate surface area is 261 Å². The van der Waals surface area contributed by atoms with E-state index in [-0.39, 0.29) is 42.8 Å². The predicted octanol–water partition coefficient (Wildman–Crippen LogP) is 0.476. The van der Waals surface area contributed by atoms with Gasteiger partial charge in [0.05, 0.1) is 50.3 Å². The molecule has 4 saturated heterocycles. The lowest BCUT2D eigenvalue weighted by atomic mass is 9.70. The van der Waals surface area contributed by atoms with Gasteiger partial charge in [-0.05, 0) is 26.7 Å². The minimum Gasteiger partial charge on any atom is -0.460 e. The molecule has 4 fully saturated rings. The molecule has 43 heavy (non-hydrogen) atoms. The molecule has 12 nitrogen and oxygen atoms in total. The fourth-order valence-corrected chi connectivity index (χ4v) is 7.73. The molecule has 13 heteroatoms. The summed E-state index contributed by atoms with van der Waals surface area (Å²) in [4.78, 5) is 59.2. The van der Waals surface area contributed by atoms with E-state index in [2.05, 4.69) is 39.3 Å². The van der Waals surface area contributed by atoms with Gasteiger partial charge in [0, 0.05) is 44.0 Å². The Hall–Kier alpha value is -2.32. The average Bonchev–Trinajstić information content (AvgIpc) is 3.60. The summed E-state index contributed by atoms with van der Waals surface area (Å²) in [6.45, 7) is 14.7. The minimum atomic E-state index is -1.26. The zero-order valence-corrected chi connectivity index (χ0v) is 26.7. The third kappa shape index (κ3) is 6.85. The molecule has 1 spiro atoms. The quantitative estimate of drug-likeness (QED) is 0.145. The number of nitrogens with one attached hydrogen (secondary N) is 1. The Morgan fingerprint density at radius 2 is 1.98 bits per heavy atom. The van der Waals surface area contributed by atoms with Crippen LogP contribution in [-0.4, -0.2) is 137 Å². The van der Waals surface area contributed by atoms with Gasteiger partial charge in [-0.25, -0.2) is 0 Å². The van der Waals surface area contributed by atoms with Gasteiger partial charge in [0.1, 0.15) is 17.7 Å². The number of alkyl halides is 1. The van der Waals surface area contributed by atoms with Gasteiger partial charge < -0.3 is 34.4 Å². The third-order valence-corrected chi connectivity index (χ3v) is 9.75. The van der Waals surface area contributed by atoms with Crippen molar-refractivity contribution in [3.8, 4) is 0 Å². The molecule has 4 heterocycles. The van der Waals surface area contributed by atoms with Crippen molar-refractivity contribution in [2.75, 3.05) is 59.1 Å². The number of amides is 3. The van der Waals surface area contributed by atoms with Crippen LogP contribution in [0.5, 0.6) is 0 Å². The molecule has 0 radical (unpaired) electrons. The van der Waals surface area contributed by atoms with Gasteiger partial charge in [0.15, 0.2) is 0 Å². The molecular formula is C30H45BrN4O8. The number of allylic oxidation sites excluding steroid dienone is 1. The first-order valence-electron chi connectivity index (χ1n) is 15.1. The van der Waals surface area contributed by atoms with E-state index in [4.69, 9.17) is 14.2 Å². The van der Waals surface area contributed by atoms with Crippen molar-refractivity contribution in [2.45, 2.75) is 67.8 Å². The van der Waals surface area contributed by atoms with Crippen LogP contribution in [0.2, 0.25) is 0 Å². The van der Waals surface area contributed by atoms with Crippen molar-refractivity contribution in [3.63, 3.8) is 0 Å². The number of nitrogens with zero attached hydrogens (tertiary/aromatic N) is 3. The summed E-state index contributed by atoms with van der Waals surface area (Å²) in [6.07, 6.45) is 3.18. The van der Waals surface area contributed by atoms with Crippen LogP contribution in [0.4, 0.5) is 0 Å². The minimum absolute atomic E-state index is 0.121. The number of morpholine rings is 1. The van der Waals surface area contributed by atoms with E-state index < -0.39 is 53.6 Å². The van der Waals surface area contributed by atoms with Crippen LogP contribution >= 0.6 is 15.9 Å². The second kappa shape index (κ2) is 14.6. The normalized spacial score (nSPS) is 31.3. The lowest BCUT2D eigenvalue weighted by Gasteiger charge is -2.39. The highest BCUT2D eigenvalue weighted by atomic mass is 79.9. The molecule has 4 aliphatic heterocycles. The summed E-state index contributed by atoms with van der Waals surface area (Å²) in [6, 6.07) is -1.70. The van der Waals surface area contributed by atoms with Crippen molar-refractivity contribution in [2.24, 2.45) is 11.8 Å². The van der Waals surface area contributed by atoms with Gasteiger partial charge in [0.25, 0.3) is 0 Å². The molecule has 2 N–H and O–H groups in total. The molecule has 240 valence electrons. The number of halogens is 1. The molecule has 0 aliphatic carbocycles. The summed E-state index contributed by atoms with van der Waals surface area (Å²) in [5, 5.41) is 12.9. The van der Waals surface area contributed by atoms with Crippen LogP contribution in [0.1, 0.15) is 33.1 Å². The van der Waals surface area contributed by atoms with E-state index in [9.17, 15) is 24.3 Å². The van der Waals surface area contributed by atoms with Crippen LogP contribution in [-0.2, 0) is 33.4 Å². The van der Waals surface area contributed by atoms with Gasteiger partial charge in [-0.15, -0.1) is 13.2 Å². The zero-order valence-electron chi connectivity index (χ0n) is 25.1. The Morgan fingerprint density at radius 1 is 1.26 bits per heavy atom. The number of ether oxygens (including phenoxy) is 3. The summed E-state index contributed by atoms with van der Waals surface area (Å²) >= 11 is 3.66. The Kier molecular flexibility index (Phi) is 11.4. The molecule has 0 aromatic rings. The van der Waals surface area contributed by atoms with Crippen molar-refractivity contribution in [1.82, 2.24) is 20.0 Å². The maximum atomic E-state index is 14.4. The summed E-state index contributed by atoms with van der Waals surface area (Å²) in [5.74, 6) is -3.38. The van der Waals surface area contributed by atoms with Crippen molar-refractivity contribution in [1.29, 1.82) is 0 Å². The fraction of sp³-hybridized carbons (Fsp3) is 0.733. The van der Waals surface area contributed by atoms with Crippen LogP contribution < -0.4 is 5.32 Å². The van der Waals surface area contributed by atoms with E-state index in [1.165, 1.54) is 4.90 Å². The second-order valence-corrected chi connectivity index (χ2v) is 13.0. The molecule has 4 rings (SSSR count). The molecule has 8 atom stereocenters.